The zero-order chi connectivity index (χ0) is 17.7. The maximum absolute atomic E-state index is 14.0. The van der Waals surface area contributed by atoms with Crippen LogP contribution in [0.25, 0.3) is 32.0 Å². The number of benzene rings is 3. The quantitative estimate of drug-likeness (QED) is 0.424. The van der Waals surface area contributed by atoms with Crippen molar-refractivity contribution in [1.82, 2.24) is 0 Å². The lowest BCUT2D eigenvalue weighted by Crippen LogP contribution is -2.01. The lowest BCUT2D eigenvalue weighted by molar-refractivity contribution is 0.221. The van der Waals surface area contributed by atoms with Gasteiger partial charge >= 0.3 is 0 Å². The molecule has 126 valence electrons. The lowest BCUT2D eigenvalue weighted by atomic mass is 9.96. The molecule has 1 aliphatic rings. The minimum atomic E-state index is -0.762. The molecule has 0 bridgehead atoms. The predicted molar refractivity (Wildman–Crippen MR) is 105 cm³/mol. The number of hydrogen-bond acceptors (Lipinski definition) is 2. The molecule has 1 heterocycles. The molecular weight excluding hydrogens is 343 g/mol. The van der Waals surface area contributed by atoms with Crippen LogP contribution >= 0.6 is 11.3 Å². The minimum Gasteiger partial charge on any atom is -0.384 e. The summed E-state index contributed by atoms with van der Waals surface area (Å²) in [6.07, 6.45) is -0.762. The van der Waals surface area contributed by atoms with Gasteiger partial charge in [0.05, 0.1) is 0 Å². The largest absolute Gasteiger partial charge is 0.384 e. The van der Waals surface area contributed by atoms with Gasteiger partial charge in [0, 0.05) is 15.3 Å². The highest BCUT2D eigenvalue weighted by molar-refractivity contribution is 7.19. The van der Waals surface area contributed by atoms with Gasteiger partial charge in [-0.2, -0.15) is 0 Å². The monoisotopic (exact) mass is 358 g/mol. The Balaban J connectivity index is 1.85. The molecule has 4 aromatic rings. The summed E-state index contributed by atoms with van der Waals surface area (Å²) in [6, 6.07) is 24.9. The van der Waals surface area contributed by atoms with Crippen molar-refractivity contribution < 1.29 is 9.50 Å². The van der Waals surface area contributed by atoms with Crippen LogP contribution in [0.2, 0.25) is 0 Å². The molecule has 3 heteroatoms. The van der Waals surface area contributed by atoms with Crippen molar-refractivity contribution in [2.45, 2.75) is 6.10 Å². The molecule has 1 aliphatic carbocycles. The fraction of sp³-hybridized carbons (Fsp3) is 0.0435. The average Bonchev–Trinajstić information content (AvgIpc) is 3.10. The Kier molecular flexibility index (Phi) is 3.52. The third kappa shape index (κ3) is 2.32. The van der Waals surface area contributed by atoms with Crippen molar-refractivity contribution in [3.63, 3.8) is 0 Å². The Morgan fingerprint density at radius 3 is 2.31 bits per heavy atom. The van der Waals surface area contributed by atoms with Gasteiger partial charge in [0.25, 0.3) is 0 Å². The van der Waals surface area contributed by atoms with Crippen LogP contribution in [-0.4, -0.2) is 5.11 Å². The molecule has 1 N–H and O–H groups in total. The second-order valence-electron chi connectivity index (χ2n) is 6.44. The predicted octanol–water partition coefficient (Wildman–Crippen LogP) is 6.28. The van der Waals surface area contributed by atoms with Crippen molar-refractivity contribution in [3.05, 3.63) is 95.8 Å². The standard InChI is InChI=1S/C23H15FOS/c24-15-10-11-17-19(12-15)20-13-21(14-6-2-1-3-7-14)26-23(20)18-9-5-4-8-16(18)22(17)25/h1-13,22,25H. The van der Waals surface area contributed by atoms with Crippen LogP contribution in [0.3, 0.4) is 0 Å². The first-order valence-electron chi connectivity index (χ1n) is 8.49. The normalized spacial score (nSPS) is 14.9. The minimum absolute atomic E-state index is 0.291. The van der Waals surface area contributed by atoms with Crippen molar-refractivity contribution in [2.75, 3.05) is 0 Å². The molecule has 3 aromatic carbocycles. The van der Waals surface area contributed by atoms with E-state index in [9.17, 15) is 9.50 Å². The Labute approximate surface area is 155 Å². The third-order valence-electron chi connectivity index (χ3n) is 4.89. The van der Waals surface area contributed by atoms with Gasteiger partial charge in [-0.3, -0.25) is 0 Å². The van der Waals surface area contributed by atoms with Gasteiger partial charge in [0.15, 0.2) is 0 Å². The first-order chi connectivity index (χ1) is 12.7. The van der Waals surface area contributed by atoms with Crippen LogP contribution in [-0.2, 0) is 0 Å². The molecular formula is C23H15FOS. The summed E-state index contributed by atoms with van der Waals surface area (Å²) >= 11 is 1.68. The van der Waals surface area contributed by atoms with E-state index in [-0.39, 0.29) is 5.82 Å². The highest BCUT2D eigenvalue weighted by atomic mass is 32.1. The summed E-state index contributed by atoms with van der Waals surface area (Å²) in [6.45, 7) is 0. The second kappa shape index (κ2) is 5.90. The molecule has 26 heavy (non-hydrogen) atoms. The number of aliphatic hydroxyl groups is 1. The topological polar surface area (TPSA) is 20.2 Å². The van der Waals surface area contributed by atoms with Crippen LogP contribution < -0.4 is 0 Å². The van der Waals surface area contributed by atoms with Gasteiger partial charge in [-0.25, -0.2) is 4.39 Å². The van der Waals surface area contributed by atoms with Crippen molar-refractivity contribution in [1.29, 1.82) is 0 Å². The average molecular weight is 358 g/mol. The number of fused-ring (bicyclic) bond motifs is 5. The van der Waals surface area contributed by atoms with E-state index < -0.39 is 6.10 Å². The first-order valence-corrected chi connectivity index (χ1v) is 9.30. The van der Waals surface area contributed by atoms with E-state index in [1.165, 1.54) is 12.1 Å². The van der Waals surface area contributed by atoms with Crippen molar-refractivity contribution >= 4 is 11.3 Å². The Hall–Kier alpha value is -2.75. The Bertz CT molecular complexity index is 1110. The van der Waals surface area contributed by atoms with Crippen LogP contribution in [0.4, 0.5) is 4.39 Å². The molecule has 5 rings (SSSR count). The van der Waals surface area contributed by atoms with E-state index in [1.807, 2.05) is 42.5 Å². The molecule has 0 aliphatic heterocycles. The number of thiophene rings is 1. The maximum atomic E-state index is 14.0. The fourth-order valence-electron chi connectivity index (χ4n) is 3.65. The van der Waals surface area contributed by atoms with Crippen LogP contribution in [0.1, 0.15) is 17.2 Å². The number of rotatable bonds is 1. The van der Waals surface area contributed by atoms with Crippen molar-refractivity contribution in [2.24, 2.45) is 0 Å². The van der Waals surface area contributed by atoms with Crippen LogP contribution in [0, 0.1) is 5.82 Å². The SMILES string of the molecule is OC1c2ccc(F)cc2-c2cc(-c3ccccc3)sc2-c2ccccc21. The number of aliphatic hydroxyl groups excluding tert-OH is 1. The lowest BCUT2D eigenvalue weighted by Gasteiger charge is -2.14. The van der Waals surface area contributed by atoms with E-state index in [2.05, 4.69) is 18.2 Å². The fourth-order valence-corrected chi connectivity index (χ4v) is 4.87. The van der Waals surface area contributed by atoms with E-state index in [0.29, 0.717) is 0 Å². The first kappa shape index (κ1) is 15.5. The summed E-state index contributed by atoms with van der Waals surface area (Å²) in [4.78, 5) is 2.21. The molecule has 0 radical (unpaired) electrons. The van der Waals surface area contributed by atoms with E-state index in [1.54, 1.807) is 17.4 Å². The summed E-state index contributed by atoms with van der Waals surface area (Å²) in [5.74, 6) is -0.291. The summed E-state index contributed by atoms with van der Waals surface area (Å²) in [7, 11) is 0. The van der Waals surface area contributed by atoms with Gasteiger partial charge in [-0.15, -0.1) is 11.3 Å². The number of hydrogen-bond donors (Lipinski definition) is 1. The van der Waals surface area contributed by atoms with Gasteiger partial charge in [-0.05, 0) is 46.0 Å². The molecule has 1 unspecified atom stereocenters. The Morgan fingerprint density at radius 1 is 0.731 bits per heavy atom. The van der Waals surface area contributed by atoms with Gasteiger partial charge in [0.2, 0.25) is 0 Å². The molecule has 0 amide bonds. The highest BCUT2D eigenvalue weighted by Gasteiger charge is 2.27. The molecule has 1 aromatic heterocycles. The van der Waals surface area contributed by atoms with E-state index in [4.69, 9.17) is 0 Å². The Morgan fingerprint density at radius 2 is 1.46 bits per heavy atom. The molecule has 0 saturated carbocycles. The summed E-state index contributed by atoms with van der Waals surface area (Å²) < 4.78 is 14.0. The smallest absolute Gasteiger partial charge is 0.123 e. The molecule has 0 fully saturated rings. The van der Waals surface area contributed by atoms with Crippen LogP contribution in [0.5, 0.6) is 0 Å². The van der Waals surface area contributed by atoms with Gasteiger partial charge in [0.1, 0.15) is 11.9 Å². The maximum Gasteiger partial charge on any atom is 0.123 e. The molecule has 0 spiro atoms. The van der Waals surface area contributed by atoms with E-state index >= 15 is 0 Å². The van der Waals surface area contributed by atoms with E-state index in [0.717, 1.165) is 43.1 Å². The van der Waals surface area contributed by atoms with Gasteiger partial charge in [-0.1, -0.05) is 60.7 Å². The summed E-state index contributed by atoms with van der Waals surface area (Å²) in [5.41, 5.74) is 5.51. The van der Waals surface area contributed by atoms with Gasteiger partial charge < -0.3 is 5.11 Å². The molecule has 0 saturated heterocycles. The number of halogens is 1. The highest BCUT2D eigenvalue weighted by Crippen LogP contribution is 2.50. The zero-order valence-electron chi connectivity index (χ0n) is 13.8. The third-order valence-corrected chi connectivity index (χ3v) is 6.11. The second-order valence-corrected chi connectivity index (χ2v) is 7.49. The zero-order valence-corrected chi connectivity index (χ0v) is 14.6. The van der Waals surface area contributed by atoms with Crippen LogP contribution in [0.15, 0.2) is 78.9 Å². The molecule has 1 atom stereocenters. The molecule has 1 nitrogen and oxygen atoms in total. The van der Waals surface area contributed by atoms with Crippen molar-refractivity contribution in [3.8, 4) is 32.0 Å². The summed E-state index contributed by atoms with van der Waals surface area (Å²) in [5, 5.41) is 10.9.